The summed E-state index contributed by atoms with van der Waals surface area (Å²) < 4.78 is 41.4. The van der Waals surface area contributed by atoms with Gasteiger partial charge in [0.05, 0.1) is 11.6 Å². The quantitative estimate of drug-likeness (QED) is 0.595. The van der Waals surface area contributed by atoms with Crippen LogP contribution in [-0.4, -0.2) is 7.05 Å². The van der Waals surface area contributed by atoms with Crippen molar-refractivity contribution < 1.29 is 13.2 Å². The zero-order valence-corrected chi connectivity index (χ0v) is 14.8. The molecule has 0 bridgehead atoms. The normalized spacial score (nSPS) is 13.2. The Morgan fingerprint density at radius 3 is 2.38 bits per heavy atom. The van der Waals surface area contributed by atoms with Crippen molar-refractivity contribution in [3.63, 3.8) is 0 Å². The smallest absolute Gasteiger partial charge is 0.309 e. The lowest BCUT2D eigenvalue weighted by molar-refractivity contribution is -0.138. The first-order valence-electron chi connectivity index (χ1n) is 6.13. The van der Waals surface area contributed by atoms with Gasteiger partial charge in [-0.1, -0.05) is 34.1 Å². The lowest BCUT2D eigenvalue weighted by atomic mass is 9.94. The Hall–Kier alpha value is -0.600. The molecule has 112 valence electrons. The van der Waals surface area contributed by atoms with E-state index >= 15 is 0 Å². The standard InChI is InChI=1S/C15H12BrF3IN/c1-21-14(11-8-9(16)6-7-13(11)20)10-4-2-3-5-12(10)15(17,18)19/h2-8,14,21H,1H3. The summed E-state index contributed by atoms with van der Waals surface area (Å²) in [4.78, 5) is 0. The summed E-state index contributed by atoms with van der Waals surface area (Å²) in [5.74, 6) is 0. The summed E-state index contributed by atoms with van der Waals surface area (Å²) in [5, 5.41) is 2.99. The number of benzene rings is 2. The third-order valence-electron chi connectivity index (χ3n) is 3.13. The minimum Gasteiger partial charge on any atom is -0.309 e. The van der Waals surface area contributed by atoms with Gasteiger partial charge in [-0.2, -0.15) is 13.2 Å². The van der Waals surface area contributed by atoms with E-state index in [4.69, 9.17) is 0 Å². The molecule has 21 heavy (non-hydrogen) atoms. The van der Waals surface area contributed by atoms with Crippen LogP contribution >= 0.6 is 38.5 Å². The molecule has 2 aromatic carbocycles. The van der Waals surface area contributed by atoms with Crippen molar-refractivity contribution in [3.8, 4) is 0 Å². The molecule has 2 rings (SSSR count). The van der Waals surface area contributed by atoms with E-state index in [-0.39, 0.29) is 5.56 Å². The topological polar surface area (TPSA) is 12.0 Å². The number of rotatable bonds is 3. The van der Waals surface area contributed by atoms with Gasteiger partial charge in [-0.25, -0.2) is 0 Å². The maximum atomic E-state index is 13.2. The summed E-state index contributed by atoms with van der Waals surface area (Å²) in [7, 11) is 1.66. The largest absolute Gasteiger partial charge is 0.416 e. The lowest BCUT2D eigenvalue weighted by Gasteiger charge is -2.23. The Labute approximate surface area is 143 Å². The Bertz CT molecular complexity index is 643. The van der Waals surface area contributed by atoms with E-state index in [1.807, 2.05) is 18.2 Å². The molecule has 0 spiro atoms. The van der Waals surface area contributed by atoms with Crippen LogP contribution in [-0.2, 0) is 6.18 Å². The van der Waals surface area contributed by atoms with Crippen molar-refractivity contribution in [2.75, 3.05) is 7.05 Å². The Balaban J connectivity index is 2.60. The summed E-state index contributed by atoms with van der Waals surface area (Å²) in [6.07, 6.45) is -4.37. The van der Waals surface area contributed by atoms with Crippen LogP contribution < -0.4 is 5.32 Å². The Morgan fingerprint density at radius 1 is 1.10 bits per heavy atom. The highest BCUT2D eigenvalue weighted by Gasteiger charge is 2.35. The molecule has 0 radical (unpaired) electrons. The SMILES string of the molecule is CNC(c1cc(Br)ccc1I)c1ccccc1C(F)(F)F. The van der Waals surface area contributed by atoms with Gasteiger partial charge in [0.25, 0.3) is 0 Å². The number of nitrogens with one attached hydrogen (secondary N) is 1. The molecular formula is C15H12BrF3IN. The van der Waals surface area contributed by atoms with Crippen molar-refractivity contribution in [2.45, 2.75) is 12.2 Å². The van der Waals surface area contributed by atoms with Gasteiger partial charge in [0.15, 0.2) is 0 Å². The molecule has 0 amide bonds. The predicted molar refractivity (Wildman–Crippen MR) is 89.2 cm³/mol. The first kappa shape index (κ1) is 16.8. The first-order valence-corrected chi connectivity index (χ1v) is 8.00. The lowest BCUT2D eigenvalue weighted by Crippen LogP contribution is -2.22. The van der Waals surface area contributed by atoms with Gasteiger partial charge >= 0.3 is 6.18 Å². The Kier molecular flexibility index (Phi) is 5.32. The molecule has 1 nitrogen and oxygen atoms in total. The molecule has 0 fully saturated rings. The van der Waals surface area contributed by atoms with E-state index in [0.717, 1.165) is 19.7 Å². The summed E-state index contributed by atoms with van der Waals surface area (Å²) in [6.45, 7) is 0. The van der Waals surface area contributed by atoms with Crippen LogP contribution in [0.1, 0.15) is 22.7 Å². The minimum absolute atomic E-state index is 0.225. The van der Waals surface area contributed by atoms with Crippen LogP contribution in [0.3, 0.4) is 0 Å². The molecule has 1 atom stereocenters. The first-order chi connectivity index (χ1) is 9.84. The zero-order valence-electron chi connectivity index (χ0n) is 11.0. The van der Waals surface area contributed by atoms with E-state index in [1.54, 1.807) is 13.1 Å². The summed E-state index contributed by atoms with van der Waals surface area (Å²) in [6, 6.07) is 10.7. The summed E-state index contributed by atoms with van der Waals surface area (Å²) >= 11 is 5.50. The monoisotopic (exact) mass is 469 g/mol. The van der Waals surface area contributed by atoms with Crippen LogP contribution in [0.15, 0.2) is 46.9 Å². The van der Waals surface area contributed by atoms with Gasteiger partial charge < -0.3 is 5.32 Å². The van der Waals surface area contributed by atoms with Crippen LogP contribution in [0.25, 0.3) is 0 Å². The molecule has 0 aliphatic heterocycles. The maximum Gasteiger partial charge on any atom is 0.416 e. The van der Waals surface area contributed by atoms with Crippen LogP contribution in [0.5, 0.6) is 0 Å². The molecule has 0 saturated carbocycles. The second-order valence-corrected chi connectivity index (χ2v) is 6.55. The van der Waals surface area contributed by atoms with Gasteiger partial charge in [-0.3, -0.25) is 0 Å². The number of hydrogen-bond acceptors (Lipinski definition) is 1. The fourth-order valence-electron chi connectivity index (χ4n) is 2.22. The fourth-order valence-corrected chi connectivity index (χ4v) is 3.25. The van der Waals surface area contributed by atoms with Gasteiger partial charge in [-0.05, 0) is 65.0 Å². The highest BCUT2D eigenvalue weighted by atomic mass is 127. The molecule has 1 N–H and O–H groups in total. The molecule has 6 heteroatoms. The van der Waals surface area contributed by atoms with Crippen molar-refractivity contribution >= 4 is 38.5 Å². The zero-order chi connectivity index (χ0) is 15.6. The molecule has 0 aliphatic carbocycles. The van der Waals surface area contributed by atoms with Gasteiger partial charge in [0.2, 0.25) is 0 Å². The molecule has 0 aliphatic rings. The van der Waals surface area contributed by atoms with E-state index in [1.165, 1.54) is 12.1 Å². The average molecular weight is 470 g/mol. The minimum atomic E-state index is -4.37. The Morgan fingerprint density at radius 2 is 1.76 bits per heavy atom. The van der Waals surface area contributed by atoms with Crippen molar-refractivity contribution in [2.24, 2.45) is 0 Å². The highest BCUT2D eigenvalue weighted by molar-refractivity contribution is 14.1. The molecule has 0 heterocycles. The van der Waals surface area contributed by atoms with Crippen LogP contribution in [0, 0.1) is 3.57 Å². The third-order valence-corrected chi connectivity index (χ3v) is 4.61. The van der Waals surface area contributed by atoms with E-state index < -0.39 is 17.8 Å². The van der Waals surface area contributed by atoms with Crippen LogP contribution in [0.4, 0.5) is 13.2 Å². The van der Waals surface area contributed by atoms with Gasteiger partial charge in [0.1, 0.15) is 0 Å². The van der Waals surface area contributed by atoms with Gasteiger partial charge in [-0.15, -0.1) is 0 Å². The highest BCUT2D eigenvalue weighted by Crippen LogP contribution is 2.37. The third kappa shape index (κ3) is 3.78. The number of halogens is 5. The summed E-state index contributed by atoms with van der Waals surface area (Å²) in [5.41, 5.74) is 0.424. The van der Waals surface area contributed by atoms with Crippen molar-refractivity contribution in [1.82, 2.24) is 5.32 Å². The fraction of sp³-hybridized carbons (Fsp3) is 0.200. The van der Waals surface area contributed by atoms with Crippen molar-refractivity contribution in [3.05, 3.63) is 67.2 Å². The molecule has 0 saturated heterocycles. The average Bonchev–Trinajstić information content (AvgIpc) is 2.43. The second-order valence-electron chi connectivity index (χ2n) is 4.47. The van der Waals surface area contributed by atoms with E-state index in [9.17, 15) is 13.2 Å². The van der Waals surface area contributed by atoms with E-state index in [2.05, 4.69) is 43.8 Å². The molecule has 2 aromatic rings. The van der Waals surface area contributed by atoms with E-state index in [0.29, 0.717) is 0 Å². The molecule has 1 unspecified atom stereocenters. The molecule has 0 aromatic heterocycles. The predicted octanol–water partition coefficient (Wildman–Crippen LogP) is 5.38. The van der Waals surface area contributed by atoms with Crippen LogP contribution in [0.2, 0.25) is 0 Å². The number of alkyl halides is 3. The maximum absolute atomic E-state index is 13.2. The second kappa shape index (κ2) is 6.66. The molecular weight excluding hydrogens is 458 g/mol. The van der Waals surface area contributed by atoms with Gasteiger partial charge in [0, 0.05) is 8.04 Å². The number of hydrogen-bond donors (Lipinski definition) is 1. The van der Waals surface area contributed by atoms with Crippen molar-refractivity contribution in [1.29, 1.82) is 0 Å².